The molecule has 0 saturated heterocycles. The molecule has 4 nitrogen and oxygen atoms in total. The van der Waals surface area contributed by atoms with Crippen LogP contribution in [0.15, 0.2) is 29.3 Å². The summed E-state index contributed by atoms with van der Waals surface area (Å²) in [5.41, 5.74) is 2.40. The minimum Gasteiger partial charge on any atom is -0.380 e. The molecule has 0 aromatic heterocycles. The molecule has 88 valence electrons. The van der Waals surface area contributed by atoms with E-state index in [4.69, 9.17) is 4.74 Å². The Morgan fingerprint density at radius 3 is 2.38 bits per heavy atom. The van der Waals surface area contributed by atoms with Gasteiger partial charge in [-0.15, -0.1) is 0 Å². The molecule has 1 aromatic rings. The Morgan fingerprint density at radius 1 is 1.25 bits per heavy atom. The van der Waals surface area contributed by atoms with E-state index in [-0.39, 0.29) is 0 Å². The first-order valence-corrected chi connectivity index (χ1v) is 5.25. The maximum Gasteiger partial charge on any atom is 0.190 e. The number of nitrogens with zero attached hydrogens (tertiary/aromatic N) is 1. The number of hydrogen-bond donors (Lipinski definition) is 2. The van der Waals surface area contributed by atoms with Gasteiger partial charge >= 0.3 is 0 Å². The van der Waals surface area contributed by atoms with Gasteiger partial charge in [-0.25, -0.2) is 0 Å². The molecule has 0 amide bonds. The monoisotopic (exact) mass is 221 g/mol. The van der Waals surface area contributed by atoms with Gasteiger partial charge in [0.05, 0.1) is 6.61 Å². The van der Waals surface area contributed by atoms with Crippen LogP contribution in [-0.4, -0.2) is 27.2 Å². The van der Waals surface area contributed by atoms with E-state index in [9.17, 15) is 0 Å². The Bertz CT molecular complexity index is 333. The highest BCUT2D eigenvalue weighted by Crippen LogP contribution is 2.05. The van der Waals surface area contributed by atoms with Crippen LogP contribution >= 0.6 is 0 Å². The van der Waals surface area contributed by atoms with Crippen molar-refractivity contribution in [3.8, 4) is 0 Å². The molecule has 0 bridgehead atoms. The number of guanidine groups is 1. The molecule has 1 rings (SSSR count). The number of hydrogen-bond acceptors (Lipinski definition) is 2. The molecule has 1 aromatic carbocycles. The van der Waals surface area contributed by atoms with Crippen molar-refractivity contribution in [1.82, 2.24) is 10.6 Å². The fourth-order valence-electron chi connectivity index (χ4n) is 1.39. The standard InChI is InChI=1S/C12H19N3O/c1-13-12(14-2)15-8-10-4-6-11(7-5-10)9-16-3/h4-7H,8-9H2,1-3H3,(H2,13,14,15). The molecule has 4 heteroatoms. The van der Waals surface area contributed by atoms with Gasteiger partial charge in [-0.05, 0) is 11.1 Å². The first-order valence-electron chi connectivity index (χ1n) is 5.25. The number of nitrogens with one attached hydrogen (secondary N) is 2. The van der Waals surface area contributed by atoms with Gasteiger partial charge in [0.2, 0.25) is 0 Å². The first kappa shape index (κ1) is 12.5. The lowest BCUT2D eigenvalue weighted by Gasteiger charge is -2.08. The normalized spacial score (nSPS) is 11.3. The van der Waals surface area contributed by atoms with Crippen LogP contribution in [0.5, 0.6) is 0 Å². The summed E-state index contributed by atoms with van der Waals surface area (Å²) < 4.78 is 5.06. The van der Waals surface area contributed by atoms with Crippen molar-refractivity contribution >= 4 is 5.96 Å². The molecule has 0 saturated carbocycles. The first-order chi connectivity index (χ1) is 7.80. The second-order valence-corrected chi connectivity index (χ2v) is 3.43. The molecule has 0 aliphatic rings. The highest BCUT2D eigenvalue weighted by Gasteiger charge is 1.96. The molecule has 0 spiro atoms. The maximum absolute atomic E-state index is 5.06. The predicted molar refractivity (Wildman–Crippen MR) is 66.4 cm³/mol. The summed E-state index contributed by atoms with van der Waals surface area (Å²) in [5.74, 6) is 0.793. The number of ether oxygens (including phenoxy) is 1. The van der Waals surface area contributed by atoms with Crippen LogP contribution in [0.2, 0.25) is 0 Å². The summed E-state index contributed by atoms with van der Waals surface area (Å²) in [6, 6.07) is 8.32. The molecule has 0 fully saturated rings. The lowest BCUT2D eigenvalue weighted by atomic mass is 10.1. The van der Waals surface area contributed by atoms with Crippen LogP contribution in [0.3, 0.4) is 0 Å². The number of methoxy groups -OCH3 is 1. The van der Waals surface area contributed by atoms with Gasteiger partial charge in [0.15, 0.2) is 5.96 Å². The Labute approximate surface area is 96.7 Å². The maximum atomic E-state index is 5.06. The van der Waals surface area contributed by atoms with Gasteiger partial charge in [0.1, 0.15) is 0 Å². The minimum absolute atomic E-state index is 0.659. The Kier molecular flexibility index (Phi) is 5.36. The van der Waals surface area contributed by atoms with Crippen LogP contribution < -0.4 is 10.6 Å². The highest BCUT2D eigenvalue weighted by atomic mass is 16.5. The van der Waals surface area contributed by atoms with Crippen LogP contribution in [0.1, 0.15) is 11.1 Å². The summed E-state index contributed by atoms with van der Waals surface area (Å²) in [6.07, 6.45) is 0. The third-order valence-corrected chi connectivity index (χ3v) is 2.25. The minimum atomic E-state index is 0.659. The molecule has 2 N–H and O–H groups in total. The number of benzene rings is 1. The smallest absolute Gasteiger partial charge is 0.190 e. The van der Waals surface area contributed by atoms with Crippen LogP contribution in [0.25, 0.3) is 0 Å². The average Bonchev–Trinajstić information content (AvgIpc) is 2.33. The fourth-order valence-corrected chi connectivity index (χ4v) is 1.39. The van der Waals surface area contributed by atoms with Crippen LogP contribution in [0, 0.1) is 0 Å². The van der Waals surface area contributed by atoms with Gasteiger partial charge in [0, 0.05) is 27.7 Å². The number of aliphatic imine (C=N–C) groups is 1. The van der Waals surface area contributed by atoms with E-state index in [1.54, 1.807) is 14.2 Å². The summed E-state index contributed by atoms with van der Waals surface area (Å²) in [6.45, 7) is 1.42. The highest BCUT2D eigenvalue weighted by molar-refractivity contribution is 5.79. The van der Waals surface area contributed by atoms with Gasteiger partial charge in [0.25, 0.3) is 0 Å². The summed E-state index contributed by atoms with van der Waals surface area (Å²) in [5, 5.41) is 6.17. The summed E-state index contributed by atoms with van der Waals surface area (Å²) >= 11 is 0. The third-order valence-electron chi connectivity index (χ3n) is 2.25. The zero-order chi connectivity index (χ0) is 11.8. The van der Waals surface area contributed by atoms with E-state index in [1.165, 1.54) is 11.1 Å². The topological polar surface area (TPSA) is 45.7 Å². The van der Waals surface area contributed by atoms with E-state index in [1.807, 2.05) is 7.05 Å². The van der Waals surface area contributed by atoms with Crippen LogP contribution in [0.4, 0.5) is 0 Å². The number of rotatable bonds is 4. The van der Waals surface area contributed by atoms with E-state index in [0.29, 0.717) is 6.61 Å². The van der Waals surface area contributed by atoms with E-state index in [0.717, 1.165) is 12.5 Å². The lowest BCUT2D eigenvalue weighted by Crippen LogP contribution is -2.34. The van der Waals surface area contributed by atoms with Gasteiger partial charge in [-0.2, -0.15) is 0 Å². The van der Waals surface area contributed by atoms with Crippen molar-refractivity contribution in [2.24, 2.45) is 4.99 Å². The third kappa shape index (κ3) is 3.90. The Hall–Kier alpha value is -1.55. The Balaban J connectivity index is 2.49. The molecule has 16 heavy (non-hydrogen) atoms. The largest absolute Gasteiger partial charge is 0.380 e. The Morgan fingerprint density at radius 2 is 1.88 bits per heavy atom. The second kappa shape index (κ2) is 6.85. The molecule has 0 aliphatic heterocycles. The van der Waals surface area contributed by atoms with Crippen molar-refractivity contribution in [2.75, 3.05) is 21.2 Å². The van der Waals surface area contributed by atoms with Crippen molar-refractivity contribution in [1.29, 1.82) is 0 Å². The van der Waals surface area contributed by atoms with E-state index < -0.39 is 0 Å². The van der Waals surface area contributed by atoms with Crippen molar-refractivity contribution in [2.45, 2.75) is 13.2 Å². The molecular formula is C12H19N3O. The van der Waals surface area contributed by atoms with Gasteiger partial charge < -0.3 is 15.4 Å². The van der Waals surface area contributed by atoms with Gasteiger partial charge in [-0.1, -0.05) is 24.3 Å². The fraction of sp³-hybridized carbons (Fsp3) is 0.417. The SMILES string of the molecule is CN=C(NC)NCc1ccc(COC)cc1. The van der Waals surface area contributed by atoms with Crippen molar-refractivity contribution in [3.63, 3.8) is 0 Å². The molecule has 0 atom stereocenters. The second-order valence-electron chi connectivity index (χ2n) is 3.43. The average molecular weight is 221 g/mol. The zero-order valence-corrected chi connectivity index (χ0v) is 10.1. The predicted octanol–water partition coefficient (Wildman–Crippen LogP) is 1.13. The summed E-state index contributed by atoms with van der Waals surface area (Å²) in [4.78, 5) is 4.04. The van der Waals surface area contributed by atoms with Crippen molar-refractivity contribution < 1.29 is 4.74 Å². The molecule has 0 heterocycles. The lowest BCUT2D eigenvalue weighted by molar-refractivity contribution is 0.185. The molecule has 0 radical (unpaired) electrons. The summed E-state index contributed by atoms with van der Waals surface area (Å²) in [7, 11) is 5.30. The van der Waals surface area contributed by atoms with Crippen molar-refractivity contribution in [3.05, 3.63) is 35.4 Å². The van der Waals surface area contributed by atoms with E-state index >= 15 is 0 Å². The molecule has 0 unspecified atom stereocenters. The quantitative estimate of drug-likeness (QED) is 0.592. The van der Waals surface area contributed by atoms with Crippen LogP contribution in [-0.2, 0) is 17.9 Å². The van der Waals surface area contributed by atoms with E-state index in [2.05, 4.69) is 39.9 Å². The molecular weight excluding hydrogens is 202 g/mol. The zero-order valence-electron chi connectivity index (χ0n) is 10.1. The van der Waals surface area contributed by atoms with Gasteiger partial charge in [-0.3, -0.25) is 4.99 Å². The molecule has 0 aliphatic carbocycles.